The second kappa shape index (κ2) is 5.68. The van der Waals surface area contributed by atoms with Crippen LogP contribution in [0.3, 0.4) is 0 Å². The Bertz CT molecular complexity index is 1040. The van der Waals surface area contributed by atoms with Gasteiger partial charge in [0.1, 0.15) is 10.7 Å². The van der Waals surface area contributed by atoms with E-state index < -0.39 is 0 Å². The van der Waals surface area contributed by atoms with Crippen LogP contribution in [0.15, 0.2) is 45.8 Å². The number of benzene rings is 1. The zero-order valence-corrected chi connectivity index (χ0v) is 13.7. The number of aldehydes is 1. The van der Waals surface area contributed by atoms with Crippen molar-refractivity contribution in [3.05, 3.63) is 47.2 Å². The Morgan fingerprint density at radius 1 is 1.17 bits per heavy atom. The van der Waals surface area contributed by atoms with E-state index in [1.54, 1.807) is 12.3 Å². The highest BCUT2D eigenvalue weighted by Gasteiger charge is 2.12. The maximum atomic E-state index is 11.3. The summed E-state index contributed by atoms with van der Waals surface area (Å²) >= 11 is 3.02. The molecule has 0 aliphatic rings. The van der Waals surface area contributed by atoms with Crippen LogP contribution in [0.4, 0.5) is 0 Å². The van der Waals surface area contributed by atoms with Gasteiger partial charge in [-0.1, -0.05) is 41.3 Å². The Balaban J connectivity index is 1.98. The molecule has 4 rings (SSSR count). The van der Waals surface area contributed by atoms with Gasteiger partial charge in [-0.05, 0) is 19.1 Å². The van der Waals surface area contributed by atoms with Gasteiger partial charge in [-0.3, -0.25) is 9.78 Å². The minimum Gasteiger partial charge on any atom is -0.296 e. The molecule has 0 unspecified atom stereocenters. The molecule has 112 valence electrons. The van der Waals surface area contributed by atoms with Crippen molar-refractivity contribution in [2.24, 2.45) is 0 Å². The molecule has 0 aliphatic heterocycles. The van der Waals surface area contributed by atoms with Crippen molar-refractivity contribution in [2.45, 2.75) is 16.2 Å². The van der Waals surface area contributed by atoms with Gasteiger partial charge in [-0.2, -0.15) is 0 Å². The van der Waals surface area contributed by atoms with Crippen LogP contribution in [0.1, 0.15) is 15.5 Å². The van der Waals surface area contributed by atoms with Gasteiger partial charge < -0.3 is 0 Å². The van der Waals surface area contributed by atoms with Crippen LogP contribution in [0.25, 0.3) is 21.8 Å². The summed E-state index contributed by atoms with van der Waals surface area (Å²) in [7, 11) is 0. The summed E-state index contributed by atoms with van der Waals surface area (Å²) in [4.78, 5) is 21.1. The summed E-state index contributed by atoms with van der Waals surface area (Å²) in [5.74, 6) is 0. The number of rotatable bonds is 3. The fourth-order valence-electron chi connectivity index (χ4n) is 2.37. The molecule has 4 aromatic rings. The molecule has 0 spiro atoms. The van der Waals surface area contributed by atoms with E-state index in [9.17, 15) is 4.79 Å². The van der Waals surface area contributed by atoms with Crippen molar-refractivity contribution in [1.82, 2.24) is 20.2 Å². The molecular weight excluding hydrogens is 328 g/mol. The lowest BCUT2D eigenvalue weighted by atomic mass is 10.1. The average molecular weight is 338 g/mol. The smallest absolute Gasteiger partial charge is 0.179 e. The minimum absolute atomic E-state index is 0.388. The van der Waals surface area contributed by atoms with Gasteiger partial charge in [0.15, 0.2) is 10.6 Å². The van der Waals surface area contributed by atoms with E-state index in [-0.39, 0.29) is 0 Å². The number of pyridine rings is 2. The largest absolute Gasteiger partial charge is 0.296 e. The molecule has 0 radical (unpaired) electrons. The standard InChI is InChI=1S/C16H10N4OS2/c1-9-19-20-16(22-9)23-13-7-11(8-21)18-15-12(13)5-4-10-3-2-6-17-14(10)15/h2-8H,1H3. The highest BCUT2D eigenvalue weighted by molar-refractivity contribution is 8.01. The van der Waals surface area contributed by atoms with E-state index in [4.69, 9.17) is 0 Å². The van der Waals surface area contributed by atoms with Crippen LogP contribution < -0.4 is 0 Å². The van der Waals surface area contributed by atoms with Crippen LogP contribution in [-0.4, -0.2) is 26.5 Å². The van der Waals surface area contributed by atoms with Crippen molar-refractivity contribution < 1.29 is 4.79 Å². The third-order valence-electron chi connectivity index (χ3n) is 3.36. The van der Waals surface area contributed by atoms with Gasteiger partial charge in [0, 0.05) is 21.9 Å². The summed E-state index contributed by atoms with van der Waals surface area (Å²) in [5.41, 5.74) is 1.92. The van der Waals surface area contributed by atoms with E-state index >= 15 is 0 Å². The number of aromatic nitrogens is 4. The lowest BCUT2D eigenvalue weighted by Gasteiger charge is -2.07. The molecule has 3 heterocycles. The lowest BCUT2D eigenvalue weighted by molar-refractivity contribution is 0.111. The molecule has 23 heavy (non-hydrogen) atoms. The first kappa shape index (κ1) is 14.2. The van der Waals surface area contributed by atoms with Crippen LogP contribution in [-0.2, 0) is 0 Å². The molecule has 0 bridgehead atoms. The van der Waals surface area contributed by atoms with Crippen LogP contribution in [0, 0.1) is 6.92 Å². The fourth-order valence-corrected chi connectivity index (χ4v) is 4.31. The topological polar surface area (TPSA) is 68.6 Å². The second-order valence-electron chi connectivity index (χ2n) is 4.89. The number of hydrogen-bond donors (Lipinski definition) is 0. The van der Waals surface area contributed by atoms with Gasteiger partial charge in [0.25, 0.3) is 0 Å². The molecule has 7 heteroatoms. The molecule has 0 N–H and O–H groups in total. The van der Waals surface area contributed by atoms with E-state index in [0.29, 0.717) is 5.69 Å². The SMILES string of the molecule is Cc1nnc(Sc2cc(C=O)nc3c2ccc2cccnc23)s1. The zero-order valence-electron chi connectivity index (χ0n) is 12.1. The molecule has 1 aromatic carbocycles. The average Bonchev–Trinajstić information content (AvgIpc) is 2.99. The van der Waals surface area contributed by atoms with Crippen molar-refractivity contribution in [1.29, 1.82) is 0 Å². The first-order valence-corrected chi connectivity index (χ1v) is 8.49. The number of fused-ring (bicyclic) bond motifs is 3. The Morgan fingerprint density at radius 3 is 2.87 bits per heavy atom. The van der Waals surface area contributed by atoms with Crippen LogP contribution in [0.2, 0.25) is 0 Å². The summed E-state index contributed by atoms with van der Waals surface area (Å²) < 4.78 is 0.841. The zero-order chi connectivity index (χ0) is 15.8. The Kier molecular flexibility index (Phi) is 3.51. The van der Waals surface area contributed by atoms with Crippen molar-refractivity contribution in [3.8, 4) is 0 Å². The van der Waals surface area contributed by atoms with Crippen molar-refractivity contribution >= 4 is 51.2 Å². The predicted molar refractivity (Wildman–Crippen MR) is 91.2 cm³/mol. The van der Waals surface area contributed by atoms with Crippen molar-refractivity contribution in [2.75, 3.05) is 0 Å². The molecule has 0 amide bonds. The summed E-state index contributed by atoms with van der Waals surface area (Å²) in [6, 6.07) is 9.68. The van der Waals surface area contributed by atoms with E-state index in [2.05, 4.69) is 20.2 Å². The van der Waals surface area contributed by atoms with E-state index in [0.717, 1.165) is 42.3 Å². The summed E-state index contributed by atoms with van der Waals surface area (Å²) in [6.07, 6.45) is 2.49. The first-order chi connectivity index (χ1) is 11.2. The van der Waals surface area contributed by atoms with Gasteiger partial charge in [0.2, 0.25) is 0 Å². The second-order valence-corrected chi connectivity index (χ2v) is 7.36. The quantitative estimate of drug-likeness (QED) is 0.417. The van der Waals surface area contributed by atoms with Crippen LogP contribution in [0.5, 0.6) is 0 Å². The molecule has 3 aromatic heterocycles. The summed E-state index contributed by atoms with van der Waals surface area (Å²) in [5, 5.41) is 11.0. The molecule has 0 saturated heterocycles. The monoisotopic (exact) mass is 338 g/mol. The third-order valence-corrected chi connectivity index (χ3v) is 5.31. The Labute approximate surface area is 139 Å². The molecule has 0 aliphatic carbocycles. The maximum absolute atomic E-state index is 11.3. The van der Waals surface area contributed by atoms with E-state index in [1.165, 1.54) is 23.1 Å². The first-order valence-electron chi connectivity index (χ1n) is 6.86. The Hall–Kier alpha value is -2.38. The van der Waals surface area contributed by atoms with Gasteiger partial charge in [-0.15, -0.1) is 10.2 Å². The molecule has 5 nitrogen and oxygen atoms in total. The van der Waals surface area contributed by atoms with Crippen molar-refractivity contribution in [3.63, 3.8) is 0 Å². The number of carbonyl (C=O) groups is 1. The fraction of sp³-hybridized carbons (Fsp3) is 0.0625. The predicted octanol–water partition coefficient (Wildman–Crippen LogP) is 3.91. The normalized spacial score (nSPS) is 11.2. The number of nitrogens with zero attached hydrogens (tertiary/aromatic N) is 4. The molecule has 0 fully saturated rings. The van der Waals surface area contributed by atoms with Gasteiger partial charge in [-0.25, -0.2) is 4.98 Å². The van der Waals surface area contributed by atoms with E-state index in [1.807, 2.05) is 31.2 Å². The van der Waals surface area contributed by atoms with Crippen LogP contribution >= 0.6 is 23.1 Å². The molecule has 0 saturated carbocycles. The molecule has 0 atom stereocenters. The number of aryl methyl sites for hydroxylation is 1. The highest BCUT2D eigenvalue weighted by Crippen LogP contribution is 2.36. The number of carbonyl (C=O) groups excluding carboxylic acids is 1. The molecular formula is C16H10N4OS2. The number of hydrogen-bond acceptors (Lipinski definition) is 7. The third kappa shape index (κ3) is 2.58. The Morgan fingerprint density at radius 2 is 2.09 bits per heavy atom. The highest BCUT2D eigenvalue weighted by atomic mass is 32.2. The minimum atomic E-state index is 0.388. The van der Waals surface area contributed by atoms with Gasteiger partial charge in [0.05, 0.1) is 11.0 Å². The van der Waals surface area contributed by atoms with Gasteiger partial charge >= 0.3 is 0 Å². The summed E-state index contributed by atoms with van der Waals surface area (Å²) in [6.45, 7) is 1.92. The lowest BCUT2D eigenvalue weighted by Crippen LogP contribution is -1.93. The maximum Gasteiger partial charge on any atom is 0.179 e.